The molecule has 3 atom stereocenters. The van der Waals surface area contributed by atoms with Crippen LogP contribution in [0.15, 0.2) is 24.3 Å². The average molecular weight is 442 g/mol. The number of rotatable bonds is 13. The lowest BCUT2D eigenvalue weighted by molar-refractivity contribution is -0.143. The van der Waals surface area contributed by atoms with Gasteiger partial charge in [0.2, 0.25) is 11.8 Å². The van der Waals surface area contributed by atoms with Crippen molar-refractivity contribution in [2.75, 3.05) is 12.0 Å². The fourth-order valence-electron chi connectivity index (χ4n) is 2.56. The summed E-state index contributed by atoms with van der Waals surface area (Å²) in [5, 5.41) is 32.2. The van der Waals surface area contributed by atoms with E-state index in [1.54, 1.807) is 18.4 Å². The molecule has 0 spiro atoms. The number of nitrogens with two attached hydrogens (primary N) is 1. The molecule has 0 aromatic heterocycles. The molecule has 0 radical (unpaired) electrons. The Hall–Kier alpha value is -2.79. The summed E-state index contributed by atoms with van der Waals surface area (Å²) in [6.07, 6.45) is 1.50. The third-order valence-corrected chi connectivity index (χ3v) is 4.88. The SMILES string of the molecule is CSCC[C@H](NC(=O)[C@H](CCC(=O)O)NC(=O)[C@@H](N)Cc1ccc(O)cc1)C(=O)O. The number of thioether (sulfide) groups is 1. The zero-order valence-corrected chi connectivity index (χ0v) is 17.4. The van der Waals surface area contributed by atoms with Crippen LogP contribution in [0.5, 0.6) is 5.75 Å². The molecular weight excluding hydrogens is 414 g/mol. The van der Waals surface area contributed by atoms with Crippen molar-refractivity contribution in [1.29, 1.82) is 0 Å². The molecule has 0 fully saturated rings. The van der Waals surface area contributed by atoms with Gasteiger partial charge in [0.25, 0.3) is 0 Å². The molecule has 166 valence electrons. The molecule has 30 heavy (non-hydrogen) atoms. The Morgan fingerprint density at radius 2 is 1.60 bits per heavy atom. The maximum Gasteiger partial charge on any atom is 0.326 e. The third-order valence-electron chi connectivity index (χ3n) is 4.23. The largest absolute Gasteiger partial charge is 0.508 e. The molecule has 0 saturated carbocycles. The number of carbonyl (C=O) groups is 4. The van der Waals surface area contributed by atoms with Gasteiger partial charge in [-0.25, -0.2) is 4.79 Å². The standard InChI is InChI=1S/C19H27N3O7S/c1-30-9-8-15(19(28)29)22-18(27)14(6-7-16(24)25)21-17(26)13(20)10-11-2-4-12(23)5-3-11/h2-5,13-15,23H,6-10,20H2,1H3,(H,21,26)(H,22,27)(H,24,25)(H,28,29)/t13-,14-,15-/m0/s1. The molecule has 0 unspecified atom stereocenters. The number of benzene rings is 1. The highest BCUT2D eigenvalue weighted by Crippen LogP contribution is 2.11. The van der Waals surface area contributed by atoms with Crippen molar-refractivity contribution in [1.82, 2.24) is 10.6 Å². The second-order valence-corrected chi connectivity index (χ2v) is 7.64. The van der Waals surface area contributed by atoms with E-state index in [-0.39, 0.29) is 25.0 Å². The Morgan fingerprint density at radius 1 is 1.00 bits per heavy atom. The van der Waals surface area contributed by atoms with Gasteiger partial charge < -0.3 is 31.7 Å². The van der Waals surface area contributed by atoms with Crippen LogP contribution in [0.1, 0.15) is 24.8 Å². The first-order valence-corrected chi connectivity index (χ1v) is 10.6. The molecule has 10 nitrogen and oxygen atoms in total. The van der Waals surface area contributed by atoms with Gasteiger partial charge in [0.1, 0.15) is 17.8 Å². The average Bonchev–Trinajstić information content (AvgIpc) is 2.69. The second-order valence-electron chi connectivity index (χ2n) is 6.65. The van der Waals surface area contributed by atoms with E-state index in [0.29, 0.717) is 11.3 Å². The molecule has 0 saturated heterocycles. The zero-order valence-electron chi connectivity index (χ0n) is 16.5. The Kier molecular flexibility index (Phi) is 10.7. The van der Waals surface area contributed by atoms with Gasteiger partial charge in [0, 0.05) is 6.42 Å². The summed E-state index contributed by atoms with van der Waals surface area (Å²) in [7, 11) is 0. The fourth-order valence-corrected chi connectivity index (χ4v) is 3.03. The Morgan fingerprint density at radius 3 is 2.13 bits per heavy atom. The van der Waals surface area contributed by atoms with Gasteiger partial charge >= 0.3 is 11.9 Å². The van der Waals surface area contributed by atoms with Crippen molar-refractivity contribution in [2.45, 2.75) is 43.8 Å². The van der Waals surface area contributed by atoms with Crippen LogP contribution in [-0.2, 0) is 25.6 Å². The van der Waals surface area contributed by atoms with Crippen molar-refractivity contribution < 1.29 is 34.5 Å². The monoisotopic (exact) mass is 441 g/mol. The van der Waals surface area contributed by atoms with Crippen LogP contribution >= 0.6 is 11.8 Å². The number of phenols is 1. The lowest BCUT2D eigenvalue weighted by atomic mass is 10.0. The minimum Gasteiger partial charge on any atom is -0.508 e. The van der Waals surface area contributed by atoms with Crippen LogP contribution in [0.4, 0.5) is 0 Å². The van der Waals surface area contributed by atoms with E-state index in [0.717, 1.165) is 0 Å². The van der Waals surface area contributed by atoms with E-state index < -0.39 is 48.3 Å². The van der Waals surface area contributed by atoms with E-state index in [4.69, 9.17) is 10.8 Å². The number of amides is 2. The van der Waals surface area contributed by atoms with Gasteiger partial charge in [-0.1, -0.05) is 12.1 Å². The summed E-state index contributed by atoms with van der Waals surface area (Å²) in [6.45, 7) is 0. The van der Waals surface area contributed by atoms with Crippen LogP contribution in [-0.4, -0.2) is 69.2 Å². The van der Waals surface area contributed by atoms with Crippen molar-refractivity contribution in [3.05, 3.63) is 29.8 Å². The lowest BCUT2D eigenvalue weighted by Crippen LogP contribution is -2.55. The van der Waals surface area contributed by atoms with Crippen molar-refractivity contribution in [3.8, 4) is 5.75 Å². The number of carbonyl (C=O) groups excluding carboxylic acids is 2. The van der Waals surface area contributed by atoms with Gasteiger partial charge in [-0.3, -0.25) is 14.4 Å². The molecule has 1 aromatic rings. The van der Waals surface area contributed by atoms with Gasteiger partial charge in [0.15, 0.2) is 0 Å². The van der Waals surface area contributed by atoms with Crippen molar-refractivity contribution in [2.24, 2.45) is 5.73 Å². The number of hydrogen-bond donors (Lipinski definition) is 6. The summed E-state index contributed by atoms with van der Waals surface area (Å²) < 4.78 is 0. The Balaban J connectivity index is 2.80. The highest BCUT2D eigenvalue weighted by atomic mass is 32.2. The number of aliphatic carboxylic acids is 2. The first-order chi connectivity index (χ1) is 14.1. The van der Waals surface area contributed by atoms with Crippen molar-refractivity contribution >= 4 is 35.5 Å². The predicted octanol–water partition coefficient (Wildman–Crippen LogP) is -0.0659. The van der Waals surface area contributed by atoms with Gasteiger partial charge in [-0.05, 0) is 49.0 Å². The second kappa shape index (κ2) is 12.7. The number of carboxylic acids is 2. The van der Waals surface area contributed by atoms with E-state index >= 15 is 0 Å². The molecule has 0 aliphatic heterocycles. The number of hydrogen-bond acceptors (Lipinski definition) is 7. The van der Waals surface area contributed by atoms with Gasteiger partial charge in [0.05, 0.1) is 6.04 Å². The predicted molar refractivity (Wildman–Crippen MR) is 111 cm³/mol. The summed E-state index contributed by atoms with van der Waals surface area (Å²) in [5.74, 6) is -3.27. The molecule has 0 aliphatic carbocycles. The highest BCUT2D eigenvalue weighted by molar-refractivity contribution is 7.98. The summed E-state index contributed by atoms with van der Waals surface area (Å²) in [6, 6.07) is 2.67. The number of carboxylic acid groups (broad SMARTS) is 2. The topological polar surface area (TPSA) is 179 Å². The Bertz CT molecular complexity index is 742. The minimum atomic E-state index is -1.24. The molecule has 0 bridgehead atoms. The maximum absolute atomic E-state index is 12.5. The van der Waals surface area contributed by atoms with Crippen LogP contribution in [0.2, 0.25) is 0 Å². The van der Waals surface area contributed by atoms with Gasteiger partial charge in [-0.2, -0.15) is 11.8 Å². The lowest BCUT2D eigenvalue weighted by Gasteiger charge is -2.22. The summed E-state index contributed by atoms with van der Waals surface area (Å²) >= 11 is 1.42. The number of phenolic OH excluding ortho intramolecular Hbond substituents is 1. The van der Waals surface area contributed by atoms with Gasteiger partial charge in [-0.15, -0.1) is 0 Å². The molecule has 0 aliphatic rings. The fraction of sp³-hybridized carbons (Fsp3) is 0.474. The van der Waals surface area contributed by atoms with E-state index in [1.807, 2.05) is 0 Å². The zero-order chi connectivity index (χ0) is 22.7. The summed E-state index contributed by atoms with van der Waals surface area (Å²) in [5.41, 5.74) is 6.57. The molecular formula is C19H27N3O7S. The third kappa shape index (κ3) is 9.14. The first-order valence-electron chi connectivity index (χ1n) is 9.21. The normalized spacial score (nSPS) is 13.7. The Labute approximate surface area is 178 Å². The van der Waals surface area contributed by atoms with Crippen molar-refractivity contribution in [3.63, 3.8) is 0 Å². The molecule has 1 aromatic carbocycles. The first kappa shape index (κ1) is 25.2. The summed E-state index contributed by atoms with van der Waals surface area (Å²) in [4.78, 5) is 47.2. The quantitative estimate of drug-likeness (QED) is 0.244. The molecule has 11 heteroatoms. The van der Waals surface area contributed by atoms with Crippen LogP contribution < -0.4 is 16.4 Å². The molecule has 1 rings (SSSR count). The van der Waals surface area contributed by atoms with Crippen LogP contribution in [0.3, 0.4) is 0 Å². The minimum absolute atomic E-state index is 0.0663. The highest BCUT2D eigenvalue weighted by Gasteiger charge is 2.28. The van der Waals surface area contributed by atoms with E-state index in [1.165, 1.54) is 23.9 Å². The smallest absolute Gasteiger partial charge is 0.326 e. The maximum atomic E-state index is 12.5. The molecule has 2 amide bonds. The molecule has 0 heterocycles. The van der Waals surface area contributed by atoms with Crippen LogP contribution in [0, 0.1) is 0 Å². The van der Waals surface area contributed by atoms with E-state index in [2.05, 4.69) is 10.6 Å². The number of aromatic hydroxyl groups is 1. The van der Waals surface area contributed by atoms with E-state index in [9.17, 15) is 29.4 Å². The van der Waals surface area contributed by atoms with Crippen LogP contribution in [0.25, 0.3) is 0 Å². The number of nitrogens with one attached hydrogen (secondary N) is 2. The molecule has 7 N–H and O–H groups in total.